The van der Waals surface area contributed by atoms with E-state index in [1.54, 1.807) is 0 Å². The van der Waals surface area contributed by atoms with Crippen molar-refractivity contribution < 1.29 is 9.47 Å². The van der Waals surface area contributed by atoms with Gasteiger partial charge in [-0.25, -0.2) is 0 Å². The Morgan fingerprint density at radius 3 is 3.11 bits per heavy atom. The average molecular weight is 335 g/mol. The summed E-state index contributed by atoms with van der Waals surface area (Å²) < 4.78 is 11.9. The van der Waals surface area contributed by atoms with E-state index in [1.165, 1.54) is 0 Å². The van der Waals surface area contributed by atoms with Crippen molar-refractivity contribution in [3.8, 4) is 5.75 Å². The van der Waals surface area contributed by atoms with E-state index in [1.807, 2.05) is 18.2 Å². The first kappa shape index (κ1) is 14.1. The van der Waals surface area contributed by atoms with Gasteiger partial charge in [0.05, 0.1) is 11.6 Å². The minimum absolute atomic E-state index is 0.620. The Labute approximate surface area is 121 Å². The van der Waals surface area contributed by atoms with Gasteiger partial charge >= 0.3 is 0 Å². The van der Waals surface area contributed by atoms with E-state index in [2.05, 4.69) is 21.2 Å². The topological polar surface area (TPSA) is 30.5 Å². The molecular weight excluding hydrogens is 318 g/mol. The summed E-state index contributed by atoms with van der Waals surface area (Å²) in [6, 6.07) is 5.63. The minimum Gasteiger partial charge on any atom is -0.491 e. The molecule has 0 aliphatic carbocycles. The first-order valence-corrected chi connectivity index (χ1v) is 7.29. The molecular formula is C13H17BrClNO2. The van der Waals surface area contributed by atoms with Crippen molar-refractivity contribution in [2.45, 2.75) is 6.42 Å². The van der Waals surface area contributed by atoms with E-state index in [9.17, 15) is 0 Å². The molecule has 1 atom stereocenters. The molecule has 18 heavy (non-hydrogen) atoms. The fourth-order valence-electron chi connectivity index (χ4n) is 1.88. The monoisotopic (exact) mass is 333 g/mol. The average Bonchev–Trinajstić information content (AvgIpc) is 2.84. The molecule has 1 saturated heterocycles. The number of halogens is 2. The van der Waals surface area contributed by atoms with Gasteiger partial charge in [0.15, 0.2) is 0 Å². The van der Waals surface area contributed by atoms with Crippen molar-refractivity contribution in [3.05, 3.63) is 27.7 Å². The highest BCUT2D eigenvalue weighted by Crippen LogP contribution is 2.27. The maximum absolute atomic E-state index is 6.05. The molecule has 0 spiro atoms. The van der Waals surface area contributed by atoms with Crippen LogP contribution in [0.25, 0.3) is 0 Å². The second kappa shape index (κ2) is 7.34. The van der Waals surface area contributed by atoms with Crippen molar-refractivity contribution in [2.24, 2.45) is 5.92 Å². The number of benzene rings is 1. The molecule has 0 saturated carbocycles. The zero-order chi connectivity index (χ0) is 12.8. The van der Waals surface area contributed by atoms with Crippen LogP contribution in [0.1, 0.15) is 6.42 Å². The van der Waals surface area contributed by atoms with E-state index in [-0.39, 0.29) is 0 Å². The second-order valence-corrected chi connectivity index (χ2v) is 5.68. The molecule has 3 nitrogen and oxygen atoms in total. The predicted octanol–water partition coefficient (Wildman–Crippen LogP) is 3.11. The van der Waals surface area contributed by atoms with Crippen molar-refractivity contribution in [2.75, 3.05) is 32.9 Å². The van der Waals surface area contributed by atoms with Crippen molar-refractivity contribution in [3.63, 3.8) is 0 Å². The van der Waals surface area contributed by atoms with Crippen LogP contribution in [0.5, 0.6) is 5.75 Å². The molecule has 100 valence electrons. The van der Waals surface area contributed by atoms with Gasteiger partial charge in [-0.15, -0.1) is 0 Å². The number of hydrogen-bond donors (Lipinski definition) is 1. The van der Waals surface area contributed by atoms with Gasteiger partial charge in [-0.05, 0) is 30.5 Å². The summed E-state index contributed by atoms with van der Waals surface area (Å²) in [6.07, 6.45) is 1.16. The lowest BCUT2D eigenvalue weighted by molar-refractivity contribution is 0.185. The second-order valence-electron chi connectivity index (χ2n) is 4.36. The van der Waals surface area contributed by atoms with E-state index >= 15 is 0 Å². The molecule has 1 N–H and O–H groups in total. The van der Waals surface area contributed by atoms with E-state index in [4.69, 9.17) is 21.1 Å². The van der Waals surface area contributed by atoms with Crippen LogP contribution in [-0.2, 0) is 4.74 Å². The normalized spacial score (nSPS) is 19.1. The third kappa shape index (κ3) is 4.43. The molecule has 0 amide bonds. The highest BCUT2D eigenvalue weighted by atomic mass is 79.9. The number of rotatable bonds is 6. The highest BCUT2D eigenvalue weighted by molar-refractivity contribution is 9.10. The third-order valence-electron chi connectivity index (χ3n) is 2.89. The zero-order valence-electron chi connectivity index (χ0n) is 10.1. The third-order valence-corrected chi connectivity index (χ3v) is 3.68. The Hall–Kier alpha value is -0.290. The molecule has 0 aromatic heterocycles. The molecule has 1 heterocycles. The first-order chi connectivity index (χ1) is 8.75. The minimum atomic E-state index is 0.620. The smallest absolute Gasteiger partial charge is 0.138 e. The van der Waals surface area contributed by atoms with Gasteiger partial charge in [0.2, 0.25) is 0 Å². The van der Waals surface area contributed by atoms with Gasteiger partial charge in [-0.2, -0.15) is 0 Å². The molecule has 0 bridgehead atoms. The lowest BCUT2D eigenvalue weighted by atomic mass is 10.1. The molecule has 1 aliphatic heterocycles. The molecule has 1 unspecified atom stereocenters. The molecule has 5 heteroatoms. The summed E-state index contributed by atoms with van der Waals surface area (Å²) in [6.45, 7) is 4.22. The Morgan fingerprint density at radius 1 is 1.50 bits per heavy atom. The number of hydrogen-bond acceptors (Lipinski definition) is 3. The first-order valence-electron chi connectivity index (χ1n) is 6.12. The summed E-state index contributed by atoms with van der Waals surface area (Å²) in [5.41, 5.74) is 0. The summed E-state index contributed by atoms with van der Waals surface area (Å²) in [5, 5.41) is 4.00. The van der Waals surface area contributed by atoms with Crippen LogP contribution in [0, 0.1) is 5.92 Å². The lowest BCUT2D eigenvalue weighted by Crippen LogP contribution is -2.27. The van der Waals surface area contributed by atoms with Gasteiger partial charge in [-0.3, -0.25) is 0 Å². The van der Waals surface area contributed by atoms with E-state index < -0.39 is 0 Å². The van der Waals surface area contributed by atoms with Crippen molar-refractivity contribution in [1.29, 1.82) is 0 Å². The Kier molecular flexibility index (Phi) is 5.76. The van der Waals surface area contributed by atoms with Crippen LogP contribution in [0.4, 0.5) is 0 Å². The molecule has 1 aromatic carbocycles. The quantitative estimate of drug-likeness (QED) is 0.811. The Balaban J connectivity index is 1.62. The van der Waals surface area contributed by atoms with Gasteiger partial charge in [-0.1, -0.05) is 27.5 Å². The van der Waals surface area contributed by atoms with Crippen molar-refractivity contribution >= 4 is 27.5 Å². The van der Waals surface area contributed by atoms with Crippen LogP contribution >= 0.6 is 27.5 Å². The number of nitrogens with one attached hydrogen (secondary N) is 1. The SMILES string of the molecule is Clc1cc(Br)ccc1OCCNCC1CCOC1. The number of ether oxygens (including phenoxy) is 2. The van der Waals surface area contributed by atoms with E-state index in [0.29, 0.717) is 17.5 Å². The fourth-order valence-corrected chi connectivity index (χ4v) is 2.60. The van der Waals surface area contributed by atoms with Crippen LogP contribution in [0.15, 0.2) is 22.7 Å². The Morgan fingerprint density at radius 2 is 2.39 bits per heavy atom. The molecule has 2 rings (SSSR count). The largest absolute Gasteiger partial charge is 0.491 e. The lowest BCUT2D eigenvalue weighted by Gasteiger charge is -2.11. The van der Waals surface area contributed by atoms with Crippen LogP contribution < -0.4 is 10.1 Å². The summed E-state index contributed by atoms with van der Waals surface area (Å²) in [4.78, 5) is 0. The molecule has 1 fully saturated rings. The maximum atomic E-state index is 6.05. The van der Waals surface area contributed by atoms with Crippen LogP contribution in [0.3, 0.4) is 0 Å². The maximum Gasteiger partial charge on any atom is 0.138 e. The standard InChI is InChI=1S/C13H17BrClNO2/c14-11-1-2-13(12(15)7-11)18-6-4-16-8-10-3-5-17-9-10/h1-2,7,10,16H,3-6,8-9H2. The van der Waals surface area contributed by atoms with Gasteiger partial charge in [0, 0.05) is 24.2 Å². The van der Waals surface area contributed by atoms with Gasteiger partial charge in [0.1, 0.15) is 12.4 Å². The highest BCUT2D eigenvalue weighted by Gasteiger charge is 2.14. The molecule has 1 aliphatic rings. The molecule has 1 aromatic rings. The fraction of sp³-hybridized carbons (Fsp3) is 0.538. The molecule has 0 radical (unpaired) electrons. The summed E-state index contributed by atoms with van der Waals surface area (Å²) >= 11 is 9.42. The summed E-state index contributed by atoms with van der Waals surface area (Å²) in [7, 11) is 0. The Bertz CT molecular complexity index is 383. The predicted molar refractivity (Wildman–Crippen MR) is 76.4 cm³/mol. The summed E-state index contributed by atoms with van der Waals surface area (Å²) in [5.74, 6) is 1.38. The van der Waals surface area contributed by atoms with E-state index in [0.717, 1.165) is 42.9 Å². The van der Waals surface area contributed by atoms with Crippen molar-refractivity contribution in [1.82, 2.24) is 5.32 Å². The van der Waals surface area contributed by atoms with Crippen LogP contribution in [0.2, 0.25) is 5.02 Å². The van der Waals surface area contributed by atoms with Gasteiger partial charge in [0.25, 0.3) is 0 Å². The van der Waals surface area contributed by atoms with Crippen LogP contribution in [-0.4, -0.2) is 32.9 Å². The zero-order valence-corrected chi connectivity index (χ0v) is 12.5. The van der Waals surface area contributed by atoms with Gasteiger partial charge < -0.3 is 14.8 Å².